The second-order valence-electron chi connectivity index (χ2n) is 22.4. The molecule has 0 spiro atoms. The van der Waals surface area contributed by atoms with E-state index in [1.54, 1.807) is 11.8 Å². The summed E-state index contributed by atoms with van der Waals surface area (Å²) in [5.74, 6) is -2.91. The molecule has 496 valence electrons. The first-order valence-electron chi connectivity index (χ1n) is 28.6. The van der Waals surface area contributed by atoms with Crippen LogP contribution in [0.25, 0.3) is 0 Å². The van der Waals surface area contributed by atoms with E-state index in [0.717, 1.165) is 95.1 Å². The van der Waals surface area contributed by atoms with Crippen LogP contribution in [0, 0.1) is 0 Å². The minimum absolute atomic E-state index is 0. The van der Waals surface area contributed by atoms with E-state index >= 15 is 0 Å². The van der Waals surface area contributed by atoms with Gasteiger partial charge in [-0.15, -0.1) is 12.4 Å². The number of hydrogen-bond acceptors (Lipinski definition) is 19. The summed E-state index contributed by atoms with van der Waals surface area (Å²) in [5, 5.41) is 16.5. The Morgan fingerprint density at radius 2 is 1.26 bits per heavy atom. The van der Waals surface area contributed by atoms with Crippen LogP contribution < -0.4 is 16.0 Å². The predicted molar refractivity (Wildman–Crippen MR) is 331 cm³/mol. The van der Waals surface area contributed by atoms with Crippen LogP contribution in [0.2, 0.25) is 0 Å². The Kier molecular flexibility index (Phi) is 29.1. The maximum absolute atomic E-state index is 12.3. The number of nitrogens with zero attached hydrogens (tertiary/aromatic N) is 4. The number of alkyl carbamates (subject to hydrolysis) is 1. The molecule has 7 atom stereocenters. The lowest BCUT2D eigenvalue weighted by Crippen LogP contribution is -2.62. The van der Waals surface area contributed by atoms with E-state index in [1.165, 1.54) is 19.1 Å². The summed E-state index contributed by atoms with van der Waals surface area (Å²) in [7, 11) is 2.72. The number of halogens is 7. The van der Waals surface area contributed by atoms with Gasteiger partial charge >= 0.3 is 41.9 Å². The van der Waals surface area contributed by atoms with Crippen LogP contribution in [-0.4, -0.2) is 193 Å². The predicted octanol–water partition coefficient (Wildman–Crippen LogP) is 7.08. The van der Waals surface area contributed by atoms with Crippen molar-refractivity contribution in [2.24, 2.45) is 0 Å². The molecule has 0 saturated carbocycles. The Morgan fingerprint density at radius 1 is 0.685 bits per heavy atom. The van der Waals surface area contributed by atoms with Gasteiger partial charge in [0.25, 0.3) is 0 Å². The number of nitrogens with one attached hydrogen (secondary N) is 3. The molecule has 2 aromatic carbocycles. The average molecular weight is 1390 g/mol. The number of fused-ring (bicyclic) bond motifs is 3. The summed E-state index contributed by atoms with van der Waals surface area (Å²) in [6.45, 7) is 11.1. The molecule has 24 nitrogen and oxygen atoms in total. The first kappa shape index (κ1) is 76.3. The largest absolute Gasteiger partial charge is 0.481 e. The van der Waals surface area contributed by atoms with Crippen molar-refractivity contribution < 1.29 is 81.5 Å². The molecule has 8 aliphatic heterocycles. The number of hydrogen-bond donors (Lipinski definition) is 4. The lowest BCUT2D eigenvalue weighted by Gasteiger charge is -2.37. The number of carboxylic acids is 1. The number of aliphatic carboxylic acids is 1. The first-order chi connectivity index (χ1) is 41.3. The van der Waals surface area contributed by atoms with E-state index < -0.39 is 66.2 Å². The van der Waals surface area contributed by atoms with Crippen molar-refractivity contribution in [3.8, 4) is 0 Å². The van der Waals surface area contributed by atoms with Crippen molar-refractivity contribution in [2.45, 2.75) is 166 Å². The fraction of sp³-hybridized carbons (Fsp3) is 0.621. The molecule has 8 fully saturated rings. The third-order valence-corrected chi connectivity index (χ3v) is 17.2. The van der Waals surface area contributed by atoms with E-state index in [-0.39, 0.29) is 93.2 Å². The summed E-state index contributed by atoms with van der Waals surface area (Å²) in [5.41, 5.74) is -0.766. The lowest BCUT2D eigenvalue weighted by molar-refractivity contribution is -0.157. The van der Waals surface area contributed by atoms with Gasteiger partial charge in [-0.2, -0.15) is 0 Å². The number of rotatable bonds is 11. The Hall–Kier alpha value is -5.15. The zero-order chi connectivity index (χ0) is 65.3. The molecule has 4 amide bonds. The number of amides is 4. The standard InChI is InChI=1S/C17H22N2O5.C11H12O4.C8H10Cl3NO2.C8H12N2O2.C7H8Cl3NO2.C7H13NO2.ClH/c1-17(15(21)23-2)9-6-10-19(17)14(20)11-18-16(22)24-12-13-7-4-3-5-8-13;12-10(13)6-7-11(14)15-8-9-4-2-1-3-5-9;1-7-3-2-4-12(7)5(8(9,10)11)14-6(7)13;1-8-3-2-4-10(8)6(11)5-9-7(8)12;8-7(9,10)6-11-3-1-2-4(11)5(12)13-6;1-7(6(9)10-2)4-3-5-8-7;/h3-5,7-8H,6,9-12H2,1-2H3,(H,18,22);1-5H,6-8H2,(H,12,13);5H,2-4H2,1H3;2-5H2,1H3,(H,9,12);4,6H,1-3H2;8H,3-5H2,1-2H3;1H/t17-;;5-,7+;8-;4-,6+;7-;/m0.1000./s1. The third kappa shape index (κ3) is 20.7. The molecule has 4 N–H and O–H groups in total. The van der Waals surface area contributed by atoms with Crippen molar-refractivity contribution in [1.29, 1.82) is 0 Å². The molecule has 31 heteroatoms. The van der Waals surface area contributed by atoms with E-state index in [9.17, 15) is 47.9 Å². The molecule has 8 aliphatic rings. The number of likely N-dealkylation sites (tertiary alicyclic amines) is 1. The molecular formula is C58H78Cl7N7O17. The second kappa shape index (κ2) is 34.0. The molecule has 0 aromatic heterocycles. The van der Waals surface area contributed by atoms with E-state index in [1.807, 2.05) is 91.2 Å². The van der Waals surface area contributed by atoms with E-state index in [4.69, 9.17) is 98.4 Å². The molecule has 0 bridgehead atoms. The van der Waals surface area contributed by atoms with Gasteiger partial charge in [0, 0.05) is 26.2 Å². The Labute approximate surface area is 553 Å². The monoisotopic (exact) mass is 1390 g/mol. The number of ether oxygens (including phenoxy) is 6. The highest BCUT2D eigenvalue weighted by Gasteiger charge is 2.60. The molecule has 89 heavy (non-hydrogen) atoms. The van der Waals surface area contributed by atoms with Gasteiger partial charge < -0.3 is 59.3 Å². The minimum atomic E-state index is -1.57. The number of methoxy groups -OCH3 is 2. The number of esters is 5. The summed E-state index contributed by atoms with van der Waals surface area (Å²) in [6.07, 6.45) is 6.01. The molecule has 2 aromatic rings. The highest BCUT2D eigenvalue weighted by atomic mass is 35.6. The number of cyclic esters (lactones) is 2. The van der Waals surface area contributed by atoms with Crippen LogP contribution in [0.15, 0.2) is 60.7 Å². The van der Waals surface area contributed by atoms with Crippen LogP contribution in [-0.2, 0) is 84.8 Å². The molecule has 8 saturated heterocycles. The summed E-state index contributed by atoms with van der Waals surface area (Å²) < 4.78 is 26.3. The van der Waals surface area contributed by atoms with Crippen LogP contribution in [0.5, 0.6) is 0 Å². The Balaban J connectivity index is 0.000000233. The maximum Gasteiger partial charge on any atom is 0.407 e. The molecule has 8 heterocycles. The normalized spacial score (nSPS) is 26.4. The number of carbonyl (C=O) groups excluding carboxylic acids is 9. The van der Waals surface area contributed by atoms with Gasteiger partial charge in [-0.25, -0.2) is 19.3 Å². The highest BCUT2D eigenvalue weighted by molar-refractivity contribution is 6.68. The van der Waals surface area contributed by atoms with Gasteiger partial charge in [0.2, 0.25) is 37.8 Å². The van der Waals surface area contributed by atoms with Gasteiger partial charge in [0.05, 0.1) is 33.6 Å². The van der Waals surface area contributed by atoms with Crippen LogP contribution >= 0.6 is 82.0 Å². The summed E-state index contributed by atoms with van der Waals surface area (Å²) >= 11 is 34.3. The molecular weight excluding hydrogens is 1310 g/mol. The number of alkyl halides is 6. The van der Waals surface area contributed by atoms with Crippen LogP contribution in [0.3, 0.4) is 0 Å². The molecule has 0 unspecified atom stereocenters. The zero-order valence-electron chi connectivity index (χ0n) is 50.3. The van der Waals surface area contributed by atoms with Crippen LogP contribution in [0.1, 0.15) is 116 Å². The number of carbonyl (C=O) groups is 10. The highest BCUT2D eigenvalue weighted by Crippen LogP contribution is 2.46. The maximum atomic E-state index is 12.3. The fourth-order valence-electron chi connectivity index (χ4n) is 11.1. The van der Waals surface area contributed by atoms with Gasteiger partial charge in [-0.1, -0.05) is 130 Å². The van der Waals surface area contributed by atoms with Crippen molar-refractivity contribution in [1.82, 2.24) is 35.6 Å². The molecule has 10 rings (SSSR count). The van der Waals surface area contributed by atoms with Gasteiger partial charge in [-0.3, -0.25) is 38.5 Å². The Bertz CT molecular complexity index is 2780. The zero-order valence-corrected chi connectivity index (χ0v) is 55.7. The quantitative estimate of drug-likeness (QED) is 0.0992. The third-order valence-electron chi connectivity index (χ3n) is 16.1. The van der Waals surface area contributed by atoms with Crippen molar-refractivity contribution >= 4 is 142 Å². The van der Waals surface area contributed by atoms with Crippen molar-refractivity contribution in [3.63, 3.8) is 0 Å². The van der Waals surface area contributed by atoms with Gasteiger partial charge in [0.1, 0.15) is 48.0 Å². The topological polar surface area (TPSA) is 295 Å². The average Bonchev–Trinajstić information content (AvgIpc) is 1.64. The lowest BCUT2D eigenvalue weighted by atomic mass is 9.96. The van der Waals surface area contributed by atoms with Gasteiger partial charge in [-0.05, 0) is 110 Å². The smallest absolute Gasteiger partial charge is 0.407 e. The fourth-order valence-corrected chi connectivity index (χ4v) is 12.1. The van der Waals surface area contributed by atoms with E-state index in [0.29, 0.717) is 13.0 Å². The van der Waals surface area contributed by atoms with Crippen molar-refractivity contribution in [2.75, 3.05) is 60.0 Å². The minimum Gasteiger partial charge on any atom is -0.481 e. The van der Waals surface area contributed by atoms with Crippen molar-refractivity contribution in [3.05, 3.63) is 71.8 Å². The molecule has 0 radical (unpaired) electrons. The number of carboxylic acid groups (broad SMARTS) is 1. The summed E-state index contributed by atoms with van der Waals surface area (Å²) in [6, 6.07) is 18.3. The number of benzene rings is 2. The molecule has 0 aliphatic carbocycles. The Morgan fingerprint density at radius 3 is 1.81 bits per heavy atom. The first-order valence-corrected chi connectivity index (χ1v) is 30.9. The van der Waals surface area contributed by atoms with E-state index in [2.05, 4.69) is 20.7 Å². The van der Waals surface area contributed by atoms with Gasteiger partial charge in [0.15, 0.2) is 0 Å². The van der Waals surface area contributed by atoms with Crippen LogP contribution in [0.4, 0.5) is 4.79 Å². The number of piperazine rings is 1. The second-order valence-corrected chi connectivity index (χ2v) is 27.2. The summed E-state index contributed by atoms with van der Waals surface area (Å²) in [4.78, 5) is 121. The SMILES string of the molecule is COC(=O)[C@]1(C)CCCN1.COC(=O)[C@]1(C)CCCN1C(=O)CNC(=O)OCc1ccccc1.C[C@@]12CCCN1C(=O)CNC2=O.C[C@@]12CCCN1[C@@H](C(Cl)(Cl)Cl)OC2=O.Cl.O=C(O)CCC(=O)OCc1ccccc1.O=C1O[C@H](C(Cl)(Cl)Cl)N2CCC[C@@H]12.